The average Bonchev–Trinajstić information content (AvgIpc) is 2.83. The topological polar surface area (TPSA) is 44.2 Å². The van der Waals surface area contributed by atoms with Gasteiger partial charge in [0.25, 0.3) is 0 Å². The molecule has 4 nitrogen and oxygen atoms in total. The Morgan fingerprint density at radius 2 is 1.63 bits per heavy atom. The molecule has 0 fully saturated rings. The lowest BCUT2D eigenvalue weighted by Crippen LogP contribution is -2.19. The van der Waals surface area contributed by atoms with Crippen LogP contribution in [0.25, 0.3) is 22.2 Å². The lowest BCUT2D eigenvalue weighted by Gasteiger charge is -2.11. The van der Waals surface area contributed by atoms with Crippen molar-refractivity contribution in [3.63, 3.8) is 0 Å². The van der Waals surface area contributed by atoms with E-state index >= 15 is 4.39 Å². The summed E-state index contributed by atoms with van der Waals surface area (Å²) in [7, 11) is 0. The van der Waals surface area contributed by atoms with Crippen LogP contribution in [0.1, 0.15) is 18.1 Å². The summed E-state index contributed by atoms with van der Waals surface area (Å²) in [4.78, 5) is 8.58. The van der Waals surface area contributed by atoms with E-state index < -0.39 is 24.3 Å². The Labute approximate surface area is 198 Å². The number of ether oxygens (including phenoxy) is 2. The van der Waals surface area contributed by atoms with Crippen molar-refractivity contribution in [3.8, 4) is 22.9 Å². The van der Waals surface area contributed by atoms with Crippen LogP contribution >= 0.6 is 0 Å². The first-order valence-corrected chi connectivity index (χ1v) is 10.9. The number of benzene rings is 3. The molecule has 0 aliphatic heterocycles. The van der Waals surface area contributed by atoms with Crippen molar-refractivity contribution in [2.45, 2.75) is 25.9 Å². The highest BCUT2D eigenvalue weighted by Gasteiger charge is 2.29. The molecule has 0 spiro atoms. The third-order valence-corrected chi connectivity index (χ3v) is 5.30. The van der Waals surface area contributed by atoms with Crippen LogP contribution < -0.4 is 9.47 Å². The first-order valence-electron chi connectivity index (χ1n) is 10.9. The molecule has 35 heavy (non-hydrogen) atoms. The molecule has 4 rings (SSSR count). The number of aryl methyl sites for hydroxylation is 2. The molecule has 4 aromatic rings. The van der Waals surface area contributed by atoms with Crippen LogP contribution in [0.4, 0.5) is 22.0 Å². The van der Waals surface area contributed by atoms with E-state index in [4.69, 9.17) is 4.74 Å². The lowest BCUT2D eigenvalue weighted by atomic mass is 9.99. The number of fused-ring (bicyclic) bond motifs is 1. The van der Waals surface area contributed by atoms with E-state index in [2.05, 4.69) is 14.7 Å². The minimum atomic E-state index is -4.55. The van der Waals surface area contributed by atoms with Crippen molar-refractivity contribution in [3.05, 3.63) is 83.7 Å². The Kier molecular flexibility index (Phi) is 7.14. The zero-order valence-electron chi connectivity index (χ0n) is 18.7. The Morgan fingerprint density at radius 1 is 0.857 bits per heavy atom. The van der Waals surface area contributed by atoms with Gasteiger partial charge in [0.15, 0.2) is 29.7 Å². The third kappa shape index (κ3) is 6.03. The Morgan fingerprint density at radius 3 is 2.31 bits per heavy atom. The van der Waals surface area contributed by atoms with Crippen LogP contribution in [-0.4, -0.2) is 29.4 Å². The Hall–Kier alpha value is -3.75. The molecule has 1 aromatic heterocycles. The molecular formula is C26H21F5N2O2. The molecule has 0 radical (unpaired) electrons. The number of hydrogen-bond acceptors (Lipinski definition) is 4. The summed E-state index contributed by atoms with van der Waals surface area (Å²) in [6.45, 7) is 0.806. The molecule has 0 saturated carbocycles. The summed E-state index contributed by atoms with van der Waals surface area (Å²) in [5, 5.41) is 1.11. The predicted octanol–water partition coefficient (Wildman–Crippen LogP) is 6.70. The quantitative estimate of drug-likeness (QED) is 0.259. The van der Waals surface area contributed by atoms with Crippen LogP contribution in [0.5, 0.6) is 11.5 Å². The zero-order chi connectivity index (χ0) is 25.0. The van der Waals surface area contributed by atoms with Gasteiger partial charge in [0.05, 0.1) is 19.0 Å². The van der Waals surface area contributed by atoms with Crippen LogP contribution in [0, 0.1) is 11.6 Å². The number of hydrogen-bond donors (Lipinski definition) is 0. The van der Waals surface area contributed by atoms with Gasteiger partial charge >= 0.3 is 6.18 Å². The van der Waals surface area contributed by atoms with Crippen LogP contribution in [0.2, 0.25) is 0 Å². The lowest BCUT2D eigenvalue weighted by molar-refractivity contribution is -0.153. The van der Waals surface area contributed by atoms with Crippen molar-refractivity contribution >= 4 is 10.8 Å². The van der Waals surface area contributed by atoms with Crippen molar-refractivity contribution in [2.75, 3.05) is 13.2 Å². The molecule has 0 N–H and O–H groups in total. The summed E-state index contributed by atoms with van der Waals surface area (Å²) in [5.41, 5.74) is 1.70. The van der Waals surface area contributed by atoms with E-state index in [1.54, 1.807) is 42.7 Å². The molecule has 0 bridgehead atoms. The van der Waals surface area contributed by atoms with Gasteiger partial charge in [0.2, 0.25) is 0 Å². The van der Waals surface area contributed by atoms with E-state index in [-0.39, 0.29) is 12.2 Å². The van der Waals surface area contributed by atoms with Gasteiger partial charge in [-0.05, 0) is 54.5 Å². The maximum absolute atomic E-state index is 15.2. The molecule has 9 heteroatoms. The van der Waals surface area contributed by atoms with Crippen LogP contribution in [0.15, 0.2) is 60.9 Å². The molecule has 182 valence electrons. The second kappa shape index (κ2) is 10.2. The van der Waals surface area contributed by atoms with Gasteiger partial charge in [-0.3, -0.25) is 0 Å². The highest BCUT2D eigenvalue weighted by molar-refractivity contribution is 5.87. The summed E-state index contributed by atoms with van der Waals surface area (Å²) in [6, 6.07) is 12.4. The van der Waals surface area contributed by atoms with Crippen molar-refractivity contribution < 1.29 is 31.4 Å². The Bertz CT molecular complexity index is 1320. The van der Waals surface area contributed by atoms with E-state index in [0.29, 0.717) is 46.5 Å². The molecule has 1 heterocycles. The smallest absolute Gasteiger partial charge is 0.422 e. The SMILES string of the molecule is CCOc1cnc(-c2ccc3c(F)c(CCc4ccc(OCC(F)(F)F)c(F)c4)ccc3c2)nc1. The van der Waals surface area contributed by atoms with Gasteiger partial charge in [0.1, 0.15) is 5.82 Å². The fourth-order valence-corrected chi connectivity index (χ4v) is 3.63. The maximum Gasteiger partial charge on any atom is 0.422 e. The average molecular weight is 488 g/mol. The number of alkyl halides is 3. The molecule has 0 aliphatic rings. The van der Waals surface area contributed by atoms with E-state index in [1.807, 2.05) is 6.92 Å². The van der Waals surface area contributed by atoms with Gasteiger partial charge in [-0.2, -0.15) is 13.2 Å². The summed E-state index contributed by atoms with van der Waals surface area (Å²) < 4.78 is 75.9. The monoisotopic (exact) mass is 488 g/mol. The van der Waals surface area contributed by atoms with Gasteiger partial charge in [-0.15, -0.1) is 0 Å². The van der Waals surface area contributed by atoms with Gasteiger partial charge in [0, 0.05) is 10.9 Å². The molecular weight excluding hydrogens is 467 g/mol. The Balaban J connectivity index is 1.47. The predicted molar refractivity (Wildman–Crippen MR) is 121 cm³/mol. The number of halogens is 5. The second-order valence-electron chi connectivity index (χ2n) is 7.82. The van der Waals surface area contributed by atoms with Crippen LogP contribution in [-0.2, 0) is 12.8 Å². The highest BCUT2D eigenvalue weighted by Crippen LogP contribution is 2.28. The van der Waals surface area contributed by atoms with E-state index in [0.717, 1.165) is 17.7 Å². The maximum atomic E-state index is 15.2. The molecule has 0 unspecified atom stereocenters. The van der Waals surface area contributed by atoms with E-state index in [1.165, 1.54) is 6.07 Å². The zero-order valence-corrected chi connectivity index (χ0v) is 18.7. The highest BCUT2D eigenvalue weighted by atomic mass is 19.4. The van der Waals surface area contributed by atoms with Crippen molar-refractivity contribution in [1.29, 1.82) is 0 Å². The molecule has 0 aliphatic carbocycles. The van der Waals surface area contributed by atoms with Crippen molar-refractivity contribution in [1.82, 2.24) is 9.97 Å². The minimum absolute atomic E-state index is 0.285. The standard InChI is InChI=1S/C26H21F5N2O2/c1-2-34-20-13-32-25(33-14-20)19-8-9-21-18(12-19)7-6-17(24(21)28)5-3-16-4-10-23(22(27)11-16)35-15-26(29,30)31/h4,6-14H,2-3,5,15H2,1H3. The van der Waals surface area contributed by atoms with Crippen LogP contribution in [0.3, 0.4) is 0 Å². The molecule has 3 aromatic carbocycles. The first-order chi connectivity index (χ1) is 16.7. The third-order valence-electron chi connectivity index (χ3n) is 5.30. The van der Waals surface area contributed by atoms with Gasteiger partial charge in [-0.1, -0.05) is 30.3 Å². The number of aromatic nitrogens is 2. The van der Waals surface area contributed by atoms with Gasteiger partial charge < -0.3 is 9.47 Å². The number of rotatable bonds is 8. The summed E-state index contributed by atoms with van der Waals surface area (Å²) in [6.07, 6.45) is -0.805. The molecule has 0 amide bonds. The first kappa shape index (κ1) is 24.4. The fourth-order valence-electron chi connectivity index (χ4n) is 3.63. The fraction of sp³-hybridized carbons (Fsp3) is 0.231. The van der Waals surface area contributed by atoms with Gasteiger partial charge in [-0.25, -0.2) is 18.7 Å². The second-order valence-corrected chi connectivity index (χ2v) is 7.82. The van der Waals surface area contributed by atoms with Crippen molar-refractivity contribution in [2.24, 2.45) is 0 Å². The molecule has 0 saturated heterocycles. The molecule has 0 atom stereocenters. The summed E-state index contributed by atoms with van der Waals surface area (Å²) in [5.74, 6) is -0.696. The normalized spacial score (nSPS) is 11.6. The minimum Gasteiger partial charge on any atom is -0.491 e. The number of nitrogens with zero attached hydrogens (tertiary/aromatic N) is 2. The summed E-state index contributed by atoms with van der Waals surface area (Å²) >= 11 is 0. The van der Waals surface area contributed by atoms with E-state index in [9.17, 15) is 17.6 Å². The largest absolute Gasteiger partial charge is 0.491 e.